The molecule has 0 spiro atoms. The molecule has 0 aliphatic rings. The molecule has 2 N–H and O–H groups in total. The largest absolute Gasteiger partial charge is 0.466 e. The predicted octanol–water partition coefficient (Wildman–Crippen LogP) is 1.59. The zero-order valence-corrected chi connectivity index (χ0v) is 11.1. The Balaban J connectivity index is 2.47. The molecule has 4 nitrogen and oxygen atoms in total. The summed E-state index contributed by atoms with van der Waals surface area (Å²) in [7, 11) is 1.84. The maximum absolute atomic E-state index is 11.5. The van der Waals surface area contributed by atoms with E-state index in [2.05, 4.69) is 24.5 Å². The summed E-state index contributed by atoms with van der Waals surface area (Å²) in [6, 6.07) is 3.91. The van der Waals surface area contributed by atoms with Gasteiger partial charge >= 0.3 is 0 Å². The highest BCUT2D eigenvalue weighted by Crippen LogP contribution is 2.24. The number of carbonyl (C=O) groups is 1. The number of aryl methyl sites for hydroxylation is 1. The van der Waals surface area contributed by atoms with Gasteiger partial charge in [0, 0.05) is 24.9 Å². The molecular weight excluding hydrogens is 216 g/mol. The highest BCUT2D eigenvalue weighted by molar-refractivity contribution is 5.76. The predicted molar refractivity (Wildman–Crippen MR) is 68.0 cm³/mol. The van der Waals surface area contributed by atoms with Gasteiger partial charge in [0.15, 0.2) is 0 Å². The third kappa shape index (κ3) is 4.23. The van der Waals surface area contributed by atoms with Crippen molar-refractivity contribution in [2.75, 3.05) is 20.1 Å². The molecule has 0 atom stereocenters. The smallest absolute Gasteiger partial charge is 0.221 e. The Morgan fingerprint density at radius 2 is 2.12 bits per heavy atom. The van der Waals surface area contributed by atoms with Crippen molar-refractivity contribution in [2.45, 2.75) is 32.6 Å². The summed E-state index contributed by atoms with van der Waals surface area (Å²) in [5.41, 5.74) is -0.177. The average molecular weight is 238 g/mol. The van der Waals surface area contributed by atoms with E-state index in [0.717, 1.165) is 11.5 Å². The summed E-state index contributed by atoms with van der Waals surface area (Å²) in [4.78, 5) is 11.5. The van der Waals surface area contributed by atoms with Crippen LogP contribution in [0.3, 0.4) is 0 Å². The lowest BCUT2D eigenvalue weighted by Gasteiger charge is -2.22. The highest BCUT2D eigenvalue weighted by atomic mass is 16.3. The van der Waals surface area contributed by atoms with E-state index >= 15 is 0 Å². The number of carbonyl (C=O) groups excluding carboxylic acids is 1. The van der Waals surface area contributed by atoms with Crippen LogP contribution in [-0.4, -0.2) is 26.0 Å². The van der Waals surface area contributed by atoms with Crippen LogP contribution in [0, 0.1) is 6.92 Å². The lowest BCUT2D eigenvalue weighted by molar-refractivity contribution is -0.121. The summed E-state index contributed by atoms with van der Waals surface area (Å²) >= 11 is 0. The Bertz CT molecular complexity index is 369. The first kappa shape index (κ1) is 13.8. The molecule has 0 bridgehead atoms. The third-order valence-electron chi connectivity index (χ3n) is 2.74. The summed E-state index contributed by atoms with van der Waals surface area (Å²) in [5.74, 6) is 1.87. The maximum Gasteiger partial charge on any atom is 0.221 e. The molecule has 0 radical (unpaired) electrons. The number of amides is 1. The van der Waals surface area contributed by atoms with Gasteiger partial charge in [-0.1, -0.05) is 13.8 Å². The van der Waals surface area contributed by atoms with Gasteiger partial charge in [0.25, 0.3) is 0 Å². The van der Waals surface area contributed by atoms with E-state index in [1.807, 2.05) is 26.1 Å². The molecule has 0 aliphatic heterocycles. The zero-order chi connectivity index (χ0) is 12.9. The molecule has 1 aromatic rings. The van der Waals surface area contributed by atoms with Crippen LogP contribution in [0.2, 0.25) is 0 Å². The van der Waals surface area contributed by atoms with Gasteiger partial charge in [-0.25, -0.2) is 0 Å². The molecule has 0 aromatic carbocycles. The summed E-state index contributed by atoms with van der Waals surface area (Å²) < 4.78 is 5.60. The Hall–Kier alpha value is -1.29. The first-order valence-corrected chi connectivity index (χ1v) is 5.94. The fourth-order valence-corrected chi connectivity index (χ4v) is 1.53. The van der Waals surface area contributed by atoms with Gasteiger partial charge in [0.1, 0.15) is 11.5 Å². The van der Waals surface area contributed by atoms with Gasteiger partial charge < -0.3 is 15.1 Å². The molecule has 4 heteroatoms. The topological polar surface area (TPSA) is 54.3 Å². The van der Waals surface area contributed by atoms with Crippen LogP contribution in [0.25, 0.3) is 0 Å². The van der Waals surface area contributed by atoms with E-state index in [4.69, 9.17) is 4.42 Å². The van der Waals surface area contributed by atoms with E-state index in [1.54, 1.807) is 0 Å². The lowest BCUT2D eigenvalue weighted by atomic mass is 9.90. The number of hydrogen-bond donors (Lipinski definition) is 2. The van der Waals surface area contributed by atoms with Gasteiger partial charge in [-0.2, -0.15) is 0 Å². The van der Waals surface area contributed by atoms with Crippen LogP contribution < -0.4 is 10.6 Å². The quantitative estimate of drug-likeness (QED) is 0.791. The fourth-order valence-electron chi connectivity index (χ4n) is 1.53. The van der Waals surface area contributed by atoms with Gasteiger partial charge in [-0.15, -0.1) is 0 Å². The third-order valence-corrected chi connectivity index (χ3v) is 2.74. The second kappa shape index (κ2) is 5.87. The molecule has 1 amide bonds. The maximum atomic E-state index is 11.5. The van der Waals surface area contributed by atoms with Crippen molar-refractivity contribution < 1.29 is 9.21 Å². The number of nitrogens with one attached hydrogen (secondary N) is 2. The van der Waals surface area contributed by atoms with Crippen LogP contribution in [0.5, 0.6) is 0 Å². The van der Waals surface area contributed by atoms with Crippen molar-refractivity contribution >= 4 is 5.91 Å². The molecule has 1 rings (SSSR count). The molecule has 0 aliphatic carbocycles. The Morgan fingerprint density at radius 1 is 1.41 bits per heavy atom. The number of hydrogen-bond acceptors (Lipinski definition) is 3. The van der Waals surface area contributed by atoms with Crippen molar-refractivity contribution in [3.63, 3.8) is 0 Å². The van der Waals surface area contributed by atoms with Gasteiger partial charge in [-0.05, 0) is 26.1 Å². The van der Waals surface area contributed by atoms with Gasteiger partial charge in [0.05, 0.1) is 0 Å². The van der Waals surface area contributed by atoms with Crippen molar-refractivity contribution in [2.24, 2.45) is 0 Å². The van der Waals surface area contributed by atoms with Crippen LogP contribution in [0.1, 0.15) is 31.8 Å². The van der Waals surface area contributed by atoms with Crippen molar-refractivity contribution in [3.05, 3.63) is 23.7 Å². The van der Waals surface area contributed by atoms with E-state index in [-0.39, 0.29) is 11.3 Å². The van der Waals surface area contributed by atoms with Gasteiger partial charge in [0.2, 0.25) is 5.91 Å². The minimum atomic E-state index is -0.177. The molecule has 0 saturated carbocycles. The Labute approximate surface area is 103 Å². The van der Waals surface area contributed by atoms with Crippen molar-refractivity contribution in [1.29, 1.82) is 0 Å². The van der Waals surface area contributed by atoms with Crippen LogP contribution in [0.15, 0.2) is 16.5 Å². The molecule has 1 aromatic heterocycles. The SMILES string of the molecule is CNCCC(=O)NCC(C)(C)c1ccc(C)o1. The van der Waals surface area contributed by atoms with E-state index in [1.165, 1.54) is 0 Å². The van der Waals surface area contributed by atoms with E-state index in [9.17, 15) is 4.79 Å². The second-order valence-electron chi connectivity index (χ2n) is 4.92. The molecular formula is C13H22N2O2. The highest BCUT2D eigenvalue weighted by Gasteiger charge is 2.24. The fraction of sp³-hybridized carbons (Fsp3) is 0.615. The summed E-state index contributed by atoms with van der Waals surface area (Å²) in [5, 5.41) is 5.88. The molecule has 0 fully saturated rings. The van der Waals surface area contributed by atoms with Crippen molar-refractivity contribution in [3.8, 4) is 0 Å². The zero-order valence-electron chi connectivity index (χ0n) is 11.1. The van der Waals surface area contributed by atoms with Crippen LogP contribution >= 0.6 is 0 Å². The summed E-state index contributed by atoms with van der Waals surface area (Å²) in [6.07, 6.45) is 0.504. The Morgan fingerprint density at radius 3 is 2.65 bits per heavy atom. The number of rotatable bonds is 6. The normalized spacial score (nSPS) is 11.5. The molecule has 1 heterocycles. The lowest BCUT2D eigenvalue weighted by Crippen LogP contribution is -2.37. The number of furan rings is 1. The first-order chi connectivity index (χ1) is 7.95. The minimum absolute atomic E-state index is 0.0655. The average Bonchev–Trinajstić information content (AvgIpc) is 2.71. The van der Waals surface area contributed by atoms with E-state index < -0.39 is 0 Å². The van der Waals surface area contributed by atoms with Crippen LogP contribution in [-0.2, 0) is 10.2 Å². The minimum Gasteiger partial charge on any atom is -0.466 e. The van der Waals surface area contributed by atoms with Crippen LogP contribution in [0.4, 0.5) is 0 Å². The monoisotopic (exact) mass is 238 g/mol. The molecule has 0 saturated heterocycles. The molecule has 0 unspecified atom stereocenters. The summed E-state index contributed by atoms with van der Waals surface area (Å²) in [6.45, 7) is 7.33. The van der Waals surface area contributed by atoms with Crippen molar-refractivity contribution in [1.82, 2.24) is 10.6 Å². The van der Waals surface area contributed by atoms with E-state index in [0.29, 0.717) is 19.5 Å². The second-order valence-corrected chi connectivity index (χ2v) is 4.92. The van der Waals surface area contributed by atoms with Gasteiger partial charge in [-0.3, -0.25) is 4.79 Å². The molecule has 17 heavy (non-hydrogen) atoms. The Kier molecular flexibility index (Phi) is 4.75. The molecule has 96 valence electrons. The first-order valence-electron chi connectivity index (χ1n) is 5.94. The standard InChI is InChI=1S/C13H22N2O2/c1-10-5-6-11(17-10)13(2,3)9-15-12(16)7-8-14-4/h5-6,14H,7-9H2,1-4H3,(H,15,16).